The number of carbonyl (C=O) groups excluding carboxylic acids is 1. The van der Waals surface area contributed by atoms with Crippen molar-refractivity contribution in [3.8, 4) is 0 Å². The molecule has 0 aliphatic carbocycles. The highest BCUT2D eigenvalue weighted by Gasteiger charge is 2.18. The van der Waals surface area contributed by atoms with Crippen LogP contribution in [0, 0.1) is 5.82 Å². The SMILES string of the molecule is Cn1nccc1C(=O)c1cccc(Cl)c1F. The Labute approximate surface area is 96.5 Å². The maximum absolute atomic E-state index is 13.6. The van der Waals surface area contributed by atoms with Gasteiger partial charge in [0.2, 0.25) is 5.78 Å². The summed E-state index contributed by atoms with van der Waals surface area (Å²) in [4.78, 5) is 11.9. The van der Waals surface area contributed by atoms with E-state index in [1.165, 1.54) is 35.1 Å². The van der Waals surface area contributed by atoms with Crippen LogP contribution in [0.25, 0.3) is 0 Å². The maximum Gasteiger partial charge on any atom is 0.214 e. The molecule has 2 aromatic rings. The second kappa shape index (κ2) is 4.06. The number of hydrogen-bond acceptors (Lipinski definition) is 2. The fourth-order valence-corrected chi connectivity index (χ4v) is 1.59. The number of halogens is 2. The predicted molar refractivity (Wildman–Crippen MR) is 58.1 cm³/mol. The average molecular weight is 239 g/mol. The van der Waals surface area contributed by atoms with Crippen LogP contribution in [-0.4, -0.2) is 15.6 Å². The van der Waals surface area contributed by atoms with Crippen LogP contribution in [0.15, 0.2) is 30.5 Å². The molecule has 0 spiro atoms. The molecule has 1 heterocycles. The Morgan fingerprint density at radius 3 is 2.81 bits per heavy atom. The predicted octanol–water partition coefficient (Wildman–Crippen LogP) is 2.44. The monoisotopic (exact) mass is 238 g/mol. The maximum atomic E-state index is 13.6. The molecule has 0 amide bonds. The van der Waals surface area contributed by atoms with E-state index >= 15 is 0 Å². The summed E-state index contributed by atoms with van der Waals surface area (Å²) in [6.45, 7) is 0. The van der Waals surface area contributed by atoms with Crippen LogP contribution in [-0.2, 0) is 7.05 Å². The molecule has 0 radical (unpaired) electrons. The molecule has 1 aromatic heterocycles. The molecule has 0 unspecified atom stereocenters. The van der Waals surface area contributed by atoms with E-state index in [2.05, 4.69) is 5.10 Å². The van der Waals surface area contributed by atoms with Gasteiger partial charge >= 0.3 is 0 Å². The zero-order chi connectivity index (χ0) is 11.7. The molecule has 0 aliphatic rings. The lowest BCUT2D eigenvalue weighted by Crippen LogP contribution is -2.10. The number of hydrogen-bond donors (Lipinski definition) is 0. The van der Waals surface area contributed by atoms with Gasteiger partial charge in [0.05, 0.1) is 10.6 Å². The summed E-state index contributed by atoms with van der Waals surface area (Å²) in [5.41, 5.74) is 0.275. The van der Waals surface area contributed by atoms with Crippen LogP contribution in [0.1, 0.15) is 16.1 Å². The van der Waals surface area contributed by atoms with E-state index in [1.54, 1.807) is 7.05 Å². The first-order valence-electron chi connectivity index (χ1n) is 4.58. The molecule has 1 aromatic carbocycles. The minimum absolute atomic E-state index is 0.0453. The first-order valence-corrected chi connectivity index (χ1v) is 4.96. The van der Waals surface area contributed by atoms with Crippen LogP contribution in [0.4, 0.5) is 4.39 Å². The van der Waals surface area contributed by atoms with Gasteiger partial charge in [-0.05, 0) is 18.2 Å². The van der Waals surface area contributed by atoms with Crippen molar-refractivity contribution in [1.82, 2.24) is 9.78 Å². The lowest BCUT2D eigenvalue weighted by atomic mass is 10.1. The Kier molecular flexibility index (Phi) is 2.75. The summed E-state index contributed by atoms with van der Waals surface area (Å²) in [5, 5.41) is 3.79. The van der Waals surface area contributed by atoms with E-state index in [0.29, 0.717) is 5.69 Å². The number of carbonyl (C=O) groups is 1. The molecule has 0 atom stereocenters. The topological polar surface area (TPSA) is 34.9 Å². The fourth-order valence-electron chi connectivity index (χ4n) is 1.41. The summed E-state index contributed by atoms with van der Waals surface area (Å²) in [6, 6.07) is 5.87. The highest BCUT2D eigenvalue weighted by Crippen LogP contribution is 2.20. The minimum Gasteiger partial charge on any atom is -0.287 e. The number of nitrogens with zero attached hydrogens (tertiary/aromatic N) is 2. The van der Waals surface area contributed by atoms with Gasteiger partial charge in [-0.25, -0.2) is 4.39 Å². The van der Waals surface area contributed by atoms with Crippen molar-refractivity contribution in [3.05, 3.63) is 52.6 Å². The molecule has 0 bridgehead atoms. The molecule has 82 valence electrons. The van der Waals surface area contributed by atoms with Gasteiger partial charge in [0.15, 0.2) is 5.82 Å². The van der Waals surface area contributed by atoms with E-state index < -0.39 is 11.6 Å². The third-order valence-electron chi connectivity index (χ3n) is 2.25. The summed E-state index contributed by atoms with van der Waals surface area (Å²) < 4.78 is 15.0. The Bertz CT molecular complexity index is 551. The van der Waals surface area contributed by atoms with E-state index in [1.807, 2.05) is 0 Å². The first-order chi connectivity index (χ1) is 7.61. The fraction of sp³-hybridized carbons (Fsp3) is 0.0909. The van der Waals surface area contributed by atoms with Gasteiger partial charge in [-0.15, -0.1) is 0 Å². The third kappa shape index (κ3) is 1.72. The van der Waals surface area contributed by atoms with Gasteiger partial charge in [-0.3, -0.25) is 9.48 Å². The van der Waals surface area contributed by atoms with Gasteiger partial charge in [0, 0.05) is 13.2 Å². The highest BCUT2D eigenvalue weighted by molar-refractivity contribution is 6.31. The van der Waals surface area contributed by atoms with Gasteiger partial charge in [0.1, 0.15) is 5.69 Å². The van der Waals surface area contributed by atoms with E-state index in [4.69, 9.17) is 11.6 Å². The lowest BCUT2D eigenvalue weighted by Gasteiger charge is -2.03. The van der Waals surface area contributed by atoms with Crippen molar-refractivity contribution in [2.75, 3.05) is 0 Å². The molecular weight excluding hydrogens is 231 g/mol. The molecule has 2 rings (SSSR count). The van der Waals surface area contributed by atoms with Gasteiger partial charge in [0.25, 0.3) is 0 Å². The molecular formula is C11H8ClFN2O. The molecule has 0 aliphatic heterocycles. The number of rotatable bonds is 2. The molecule has 0 fully saturated rings. The molecule has 0 saturated carbocycles. The van der Waals surface area contributed by atoms with E-state index in [-0.39, 0.29) is 10.6 Å². The van der Waals surface area contributed by atoms with Gasteiger partial charge in [-0.1, -0.05) is 17.7 Å². The van der Waals surface area contributed by atoms with Crippen molar-refractivity contribution in [1.29, 1.82) is 0 Å². The third-order valence-corrected chi connectivity index (χ3v) is 2.54. The standard InChI is InChI=1S/C11H8ClFN2O/c1-15-9(5-6-14-15)11(16)7-3-2-4-8(12)10(7)13/h2-6H,1H3. The summed E-state index contributed by atoms with van der Waals surface area (Å²) >= 11 is 5.61. The Morgan fingerprint density at radius 1 is 1.44 bits per heavy atom. The normalized spacial score (nSPS) is 10.4. The van der Waals surface area contributed by atoms with Crippen molar-refractivity contribution in [3.63, 3.8) is 0 Å². The summed E-state index contributed by atoms with van der Waals surface area (Å²) in [5.74, 6) is -1.13. The Balaban J connectivity index is 2.50. The zero-order valence-corrected chi connectivity index (χ0v) is 9.20. The quantitative estimate of drug-likeness (QED) is 0.754. The van der Waals surface area contributed by atoms with Crippen LogP contribution in [0.3, 0.4) is 0 Å². The average Bonchev–Trinajstić information content (AvgIpc) is 2.68. The number of aromatic nitrogens is 2. The van der Waals surface area contributed by atoms with E-state index in [0.717, 1.165) is 0 Å². The highest BCUT2D eigenvalue weighted by atomic mass is 35.5. The van der Waals surface area contributed by atoms with Crippen LogP contribution in [0.5, 0.6) is 0 Å². The van der Waals surface area contributed by atoms with Crippen LogP contribution in [0.2, 0.25) is 5.02 Å². The van der Waals surface area contributed by atoms with Crippen molar-refractivity contribution >= 4 is 17.4 Å². The zero-order valence-electron chi connectivity index (χ0n) is 8.45. The Hall–Kier alpha value is -1.68. The first kappa shape index (κ1) is 10.8. The van der Waals surface area contributed by atoms with Crippen LogP contribution < -0.4 is 0 Å². The van der Waals surface area contributed by atoms with Gasteiger partial charge < -0.3 is 0 Å². The smallest absolute Gasteiger partial charge is 0.214 e. The van der Waals surface area contributed by atoms with Crippen molar-refractivity contribution < 1.29 is 9.18 Å². The minimum atomic E-state index is -0.699. The molecule has 3 nitrogen and oxygen atoms in total. The second-order valence-electron chi connectivity index (χ2n) is 3.27. The van der Waals surface area contributed by atoms with Gasteiger partial charge in [-0.2, -0.15) is 5.10 Å². The number of aryl methyl sites for hydroxylation is 1. The lowest BCUT2D eigenvalue weighted by molar-refractivity contribution is 0.102. The molecule has 5 heteroatoms. The molecule has 0 N–H and O–H groups in total. The summed E-state index contributed by atoms with van der Waals surface area (Å²) in [6.07, 6.45) is 1.48. The largest absolute Gasteiger partial charge is 0.287 e. The Morgan fingerprint density at radius 2 is 2.19 bits per heavy atom. The van der Waals surface area contributed by atoms with Crippen LogP contribution >= 0.6 is 11.6 Å². The molecule has 16 heavy (non-hydrogen) atoms. The van der Waals surface area contributed by atoms with Crippen molar-refractivity contribution in [2.24, 2.45) is 7.05 Å². The van der Waals surface area contributed by atoms with Crippen molar-refractivity contribution in [2.45, 2.75) is 0 Å². The summed E-state index contributed by atoms with van der Waals surface area (Å²) in [7, 11) is 1.62. The second-order valence-corrected chi connectivity index (χ2v) is 3.68. The number of benzene rings is 1. The molecule has 0 saturated heterocycles. The van der Waals surface area contributed by atoms with E-state index in [9.17, 15) is 9.18 Å². The number of ketones is 1.